The Bertz CT molecular complexity index is 1550. The van der Waals surface area contributed by atoms with Crippen LogP contribution in [0.4, 0.5) is 4.79 Å². The first-order valence-corrected chi connectivity index (χ1v) is 13.2. The number of aliphatic hydroxyl groups is 1. The molecule has 1 aliphatic heterocycles. The van der Waals surface area contributed by atoms with Crippen molar-refractivity contribution in [2.24, 2.45) is 0 Å². The Morgan fingerprint density at radius 1 is 1.02 bits per heavy atom. The van der Waals surface area contributed by atoms with Gasteiger partial charge >= 0.3 is 12.1 Å². The number of ether oxygens (including phenoxy) is 2. The number of carbonyl (C=O) groups is 3. The first-order chi connectivity index (χ1) is 19.5. The first kappa shape index (κ1) is 25.6. The summed E-state index contributed by atoms with van der Waals surface area (Å²) in [5.74, 6) is -1.32. The maximum Gasteiger partial charge on any atom is 0.407 e. The Hall–Kier alpha value is -4.63. The molecule has 9 nitrogen and oxygen atoms in total. The topological polar surface area (TPSA) is 121 Å². The van der Waals surface area contributed by atoms with E-state index in [1.54, 1.807) is 6.20 Å². The van der Waals surface area contributed by atoms with Gasteiger partial charge in [0.05, 0.1) is 13.7 Å². The Kier molecular flexibility index (Phi) is 6.73. The molecule has 2 heterocycles. The Morgan fingerprint density at radius 3 is 2.38 bits per heavy atom. The normalized spacial score (nSPS) is 18.9. The smallest absolute Gasteiger partial charge is 0.407 e. The standard InChI is InChI=1S/C31H29N3O6/c1-39-30(37)26(14-18-15-32-25-13-7-6-8-19(18)25)34-16-27(35)28(29(34)36)33-31(38)40-17-24-22-11-4-2-9-20(22)21-10-3-5-12-23(21)24/h2-13,15,24,26-28,32,35H,14,16-17H2,1H3,(H,33,38)/t26-,27?,28-/m0/s1. The number of nitrogens with zero attached hydrogens (tertiary/aromatic N) is 1. The monoisotopic (exact) mass is 539 g/mol. The van der Waals surface area contributed by atoms with Crippen molar-refractivity contribution in [3.05, 3.63) is 95.7 Å². The quantitative estimate of drug-likeness (QED) is 0.310. The Morgan fingerprint density at radius 2 is 1.68 bits per heavy atom. The van der Waals surface area contributed by atoms with Gasteiger partial charge in [-0.1, -0.05) is 66.7 Å². The number of amides is 2. The summed E-state index contributed by atoms with van der Waals surface area (Å²) >= 11 is 0. The number of benzene rings is 3. The number of para-hydroxylation sites is 1. The fraction of sp³-hybridized carbons (Fsp3) is 0.258. The molecule has 9 heteroatoms. The minimum Gasteiger partial charge on any atom is -0.467 e. The van der Waals surface area contributed by atoms with Crippen molar-refractivity contribution in [2.75, 3.05) is 20.3 Å². The molecule has 0 spiro atoms. The van der Waals surface area contributed by atoms with E-state index in [0.717, 1.165) is 38.7 Å². The third-order valence-corrected chi connectivity index (χ3v) is 7.87. The molecule has 4 aromatic rings. The molecule has 1 aliphatic carbocycles. The van der Waals surface area contributed by atoms with Crippen molar-refractivity contribution in [3.63, 3.8) is 0 Å². The SMILES string of the molecule is COC(=O)[C@H](Cc1c[nH]c2ccccc12)N1CC(O)[C@H](NC(=O)OCC2c3ccccc3-c3ccccc32)C1=O. The number of alkyl carbamates (subject to hydrolysis) is 1. The van der Waals surface area contributed by atoms with Gasteiger partial charge in [-0.15, -0.1) is 0 Å². The van der Waals surface area contributed by atoms with Crippen molar-refractivity contribution >= 4 is 28.9 Å². The largest absolute Gasteiger partial charge is 0.467 e. The number of aliphatic hydroxyl groups excluding tert-OH is 1. The van der Waals surface area contributed by atoms with Gasteiger partial charge < -0.3 is 29.8 Å². The van der Waals surface area contributed by atoms with Crippen molar-refractivity contribution in [1.29, 1.82) is 0 Å². The number of esters is 1. The zero-order chi connectivity index (χ0) is 27.8. The van der Waals surface area contributed by atoms with E-state index in [9.17, 15) is 19.5 Å². The van der Waals surface area contributed by atoms with Gasteiger partial charge in [0.15, 0.2) is 0 Å². The van der Waals surface area contributed by atoms with Crippen molar-refractivity contribution < 1.29 is 29.0 Å². The lowest BCUT2D eigenvalue weighted by molar-refractivity contribution is -0.151. The molecule has 0 bridgehead atoms. The number of methoxy groups -OCH3 is 1. The van der Waals surface area contributed by atoms with Gasteiger partial charge in [0.25, 0.3) is 0 Å². The second-order valence-corrected chi connectivity index (χ2v) is 10.1. The van der Waals surface area contributed by atoms with E-state index in [0.29, 0.717) is 0 Å². The summed E-state index contributed by atoms with van der Waals surface area (Å²) in [6.45, 7) is -0.0544. The fourth-order valence-electron chi connectivity index (χ4n) is 5.91. The Labute approximate surface area is 230 Å². The summed E-state index contributed by atoms with van der Waals surface area (Å²) in [4.78, 5) is 43.4. The van der Waals surface area contributed by atoms with Crippen LogP contribution in [0.3, 0.4) is 0 Å². The number of β-amino-alcohol motifs (C(OH)–C–C–N with tert-alkyl or cyclic N) is 1. The number of rotatable bonds is 7. The highest BCUT2D eigenvalue weighted by molar-refractivity contribution is 5.93. The van der Waals surface area contributed by atoms with Crippen LogP contribution in [0, 0.1) is 0 Å². The van der Waals surface area contributed by atoms with Crippen LogP contribution in [0.2, 0.25) is 0 Å². The predicted molar refractivity (Wildman–Crippen MR) is 148 cm³/mol. The molecule has 40 heavy (non-hydrogen) atoms. The van der Waals surface area contributed by atoms with Gasteiger partial charge in [0.2, 0.25) is 5.91 Å². The fourth-order valence-corrected chi connectivity index (χ4v) is 5.91. The van der Waals surface area contributed by atoms with Crippen LogP contribution in [-0.4, -0.2) is 71.4 Å². The van der Waals surface area contributed by atoms with Gasteiger partial charge in [-0.05, 0) is 33.9 Å². The lowest BCUT2D eigenvalue weighted by Gasteiger charge is -2.25. The summed E-state index contributed by atoms with van der Waals surface area (Å²) in [5, 5.41) is 14.2. The summed E-state index contributed by atoms with van der Waals surface area (Å²) in [6.07, 6.45) is -0.0490. The number of likely N-dealkylation sites (tertiary alicyclic amines) is 1. The van der Waals surface area contributed by atoms with E-state index in [-0.39, 0.29) is 25.5 Å². The van der Waals surface area contributed by atoms with Gasteiger partial charge in [-0.2, -0.15) is 0 Å². The van der Waals surface area contributed by atoms with E-state index in [1.165, 1.54) is 12.0 Å². The highest BCUT2D eigenvalue weighted by Gasteiger charge is 2.46. The number of aromatic nitrogens is 1. The van der Waals surface area contributed by atoms with E-state index in [4.69, 9.17) is 9.47 Å². The third kappa shape index (κ3) is 4.48. The summed E-state index contributed by atoms with van der Waals surface area (Å²) < 4.78 is 10.6. The second kappa shape index (κ2) is 10.5. The van der Waals surface area contributed by atoms with Gasteiger partial charge in [-0.25, -0.2) is 9.59 Å². The second-order valence-electron chi connectivity index (χ2n) is 10.1. The summed E-state index contributed by atoms with van der Waals surface area (Å²) in [6, 6.07) is 21.4. The molecule has 0 saturated carbocycles. The van der Waals surface area contributed by atoms with Crippen LogP contribution in [0.1, 0.15) is 22.6 Å². The number of H-pyrrole nitrogens is 1. The molecule has 2 aliphatic rings. The van der Waals surface area contributed by atoms with E-state index in [1.807, 2.05) is 72.8 Å². The van der Waals surface area contributed by atoms with Crippen LogP contribution in [-0.2, 0) is 25.5 Å². The van der Waals surface area contributed by atoms with Gasteiger partial charge in [0, 0.05) is 29.4 Å². The number of nitrogens with one attached hydrogen (secondary N) is 2. The summed E-state index contributed by atoms with van der Waals surface area (Å²) in [7, 11) is 1.26. The lowest BCUT2D eigenvalue weighted by Crippen LogP contribution is -2.49. The summed E-state index contributed by atoms with van der Waals surface area (Å²) in [5.41, 5.74) is 6.09. The molecule has 1 saturated heterocycles. The maximum atomic E-state index is 13.4. The molecule has 2 amide bonds. The molecule has 1 unspecified atom stereocenters. The highest BCUT2D eigenvalue weighted by atomic mass is 16.5. The van der Waals surface area contributed by atoms with E-state index >= 15 is 0 Å². The van der Waals surface area contributed by atoms with Crippen LogP contribution >= 0.6 is 0 Å². The van der Waals surface area contributed by atoms with Crippen LogP contribution in [0.25, 0.3) is 22.0 Å². The number of carbonyl (C=O) groups excluding carboxylic acids is 3. The Balaban J connectivity index is 1.14. The molecular formula is C31H29N3O6. The number of hydrogen-bond donors (Lipinski definition) is 3. The highest BCUT2D eigenvalue weighted by Crippen LogP contribution is 2.44. The molecular weight excluding hydrogens is 510 g/mol. The van der Waals surface area contributed by atoms with Gasteiger partial charge in [0.1, 0.15) is 24.8 Å². The molecule has 3 aromatic carbocycles. The number of hydrogen-bond acceptors (Lipinski definition) is 6. The molecule has 1 aromatic heterocycles. The average molecular weight is 540 g/mol. The maximum absolute atomic E-state index is 13.4. The zero-order valence-electron chi connectivity index (χ0n) is 21.9. The van der Waals surface area contributed by atoms with Crippen molar-refractivity contribution in [3.8, 4) is 11.1 Å². The third-order valence-electron chi connectivity index (χ3n) is 7.87. The molecule has 3 N–H and O–H groups in total. The van der Waals surface area contributed by atoms with Crippen molar-refractivity contribution in [1.82, 2.24) is 15.2 Å². The minimum absolute atomic E-state index is 0.0753. The lowest BCUT2D eigenvalue weighted by atomic mass is 9.98. The average Bonchev–Trinajstić information content (AvgIpc) is 3.62. The van der Waals surface area contributed by atoms with Crippen LogP contribution < -0.4 is 5.32 Å². The zero-order valence-corrected chi connectivity index (χ0v) is 21.9. The molecule has 6 rings (SSSR count). The molecule has 204 valence electrons. The van der Waals surface area contributed by atoms with Crippen LogP contribution in [0.5, 0.6) is 0 Å². The molecule has 0 radical (unpaired) electrons. The first-order valence-electron chi connectivity index (χ1n) is 13.2. The van der Waals surface area contributed by atoms with E-state index < -0.39 is 36.2 Å². The van der Waals surface area contributed by atoms with Crippen molar-refractivity contribution in [2.45, 2.75) is 30.5 Å². The number of aromatic amines is 1. The van der Waals surface area contributed by atoms with Gasteiger partial charge in [-0.3, -0.25) is 4.79 Å². The van der Waals surface area contributed by atoms with E-state index in [2.05, 4.69) is 10.3 Å². The predicted octanol–water partition coefficient (Wildman–Crippen LogP) is 3.36. The molecule has 3 atom stereocenters. The van der Waals surface area contributed by atoms with Crippen LogP contribution in [0.15, 0.2) is 79.0 Å². The molecule has 1 fully saturated rings. The number of fused-ring (bicyclic) bond motifs is 4. The minimum atomic E-state index is -1.24.